The summed E-state index contributed by atoms with van der Waals surface area (Å²) in [6.45, 7) is 8.65. The maximum Gasteiger partial charge on any atom is 0.173 e. The van der Waals surface area contributed by atoms with E-state index in [9.17, 15) is 0 Å². The molecular weight excluding hydrogens is 262 g/mol. The molecule has 1 aromatic heterocycles. The van der Waals surface area contributed by atoms with Crippen molar-refractivity contribution >= 4 is 0 Å². The second-order valence-electron chi connectivity index (χ2n) is 6.30. The number of rotatable bonds is 5. The van der Waals surface area contributed by atoms with Gasteiger partial charge in [0.25, 0.3) is 0 Å². The molecule has 0 aliphatic heterocycles. The molecule has 5 heteroatoms. The van der Waals surface area contributed by atoms with Gasteiger partial charge in [-0.2, -0.15) is 4.68 Å². The van der Waals surface area contributed by atoms with Crippen LogP contribution in [0, 0.1) is 19.8 Å². The third-order valence-corrected chi connectivity index (χ3v) is 3.76. The van der Waals surface area contributed by atoms with Gasteiger partial charge >= 0.3 is 0 Å². The van der Waals surface area contributed by atoms with Crippen molar-refractivity contribution < 1.29 is 0 Å². The number of aromatic nitrogens is 4. The molecule has 0 saturated carbocycles. The predicted octanol–water partition coefficient (Wildman–Crippen LogP) is 2.93. The number of aryl methyl sites for hydroxylation is 2. The number of hydrogen-bond acceptors (Lipinski definition) is 4. The third kappa shape index (κ3) is 3.29. The second-order valence-corrected chi connectivity index (χ2v) is 6.30. The maximum absolute atomic E-state index is 4.31. The molecule has 5 nitrogen and oxygen atoms in total. The van der Waals surface area contributed by atoms with Crippen molar-refractivity contribution in [3.05, 3.63) is 35.2 Å². The van der Waals surface area contributed by atoms with Crippen molar-refractivity contribution in [2.75, 3.05) is 14.1 Å². The zero-order valence-electron chi connectivity index (χ0n) is 13.8. The Morgan fingerprint density at radius 2 is 1.76 bits per heavy atom. The molecular formula is C16H25N5. The Morgan fingerprint density at radius 3 is 2.29 bits per heavy atom. The molecule has 0 bridgehead atoms. The standard InChI is InChI=1S/C16H25N5/c1-11(2)10-14(20(5)6)16-17-18-19-21(16)15-12(3)8-7-9-13(15)4/h7-9,11,14H,10H2,1-6H3/t14-/m1/s1. The van der Waals surface area contributed by atoms with Gasteiger partial charge in [-0.25, -0.2) is 0 Å². The minimum absolute atomic E-state index is 0.207. The van der Waals surface area contributed by atoms with Crippen molar-refractivity contribution in [3.63, 3.8) is 0 Å². The lowest BCUT2D eigenvalue weighted by atomic mass is 10.0. The van der Waals surface area contributed by atoms with Crippen molar-refractivity contribution in [2.24, 2.45) is 5.92 Å². The molecule has 0 aliphatic carbocycles. The molecule has 0 N–H and O–H groups in total. The third-order valence-electron chi connectivity index (χ3n) is 3.76. The highest BCUT2D eigenvalue weighted by atomic mass is 15.6. The van der Waals surface area contributed by atoms with Gasteiger partial charge in [-0.3, -0.25) is 4.90 Å². The molecule has 0 unspecified atom stereocenters. The van der Waals surface area contributed by atoms with E-state index in [1.54, 1.807) is 0 Å². The van der Waals surface area contributed by atoms with Crippen molar-refractivity contribution in [1.29, 1.82) is 0 Å². The topological polar surface area (TPSA) is 46.8 Å². The van der Waals surface area contributed by atoms with Gasteiger partial charge in [0.05, 0.1) is 11.7 Å². The molecule has 1 aromatic carbocycles. The average molecular weight is 287 g/mol. The van der Waals surface area contributed by atoms with E-state index in [0.717, 1.165) is 17.9 Å². The Balaban J connectivity index is 2.51. The van der Waals surface area contributed by atoms with Gasteiger partial charge in [0.1, 0.15) is 0 Å². The normalized spacial score (nSPS) is 13.1. The van der Waals surface area contributed by atoms with Crippen LogP contribution in [0.25, 0.3) is 5.69 Å². The van der Waals surface area contributed by atoms with Crippen molar-refractivity contribution in [1.82, 2.24) is 25.1 Å². The average Bonchev–Trinajstić information content (AvgIpc) is 2.84. The van der Waals surface area contributed by atoms with Crippen LogP contribution < -0.4 is 0 Å². The molecule has 1 heterocycles. The number of tetrazole rings is 1. The molecule has 0 saturated heterocycles. The smallest absolute Gasteiger partial charge is 0.173 e. The minimum atomic E-state index is 0.207. The Labute approximate surface area is 127 Å². The van der Waals surface area contributed by atoms with E-state index in [-0.39, 0.29) is 6.04 Å². The van der Waals surface area contributed by atoms with Crippen molar-refractivity contribution in [2.45, 2.75) is 40.2 Å². The van der Waals surface area contributed by atoms with Gasteiger partial charge in [0.15, 0.2) is 5.82 Å². The van der Waals surface area contributed by atoms with Crippen LogP contribution in [0.1, 0.15) is 43.3 Å². The maximum atomic E-state index is 4.31. The minimum Gasteiger partial charge on any atom is -0.300 e. The van der Waals surface area contributed by atoms with E-state index in [0.29, 0.717) is 5.92 Å². The van der Waals surface area contributed by atoms with Crippen molar-refractivity contribution in [3.8, 4) is 5.69 Å². The van der Waals surface area contributed by atoms with Crippen LogP contribution in [-0.4, -0.2) is 39.2 Å². The molecule has 2 aromatic rings. The Kier molecular flexibility index (Phi) is 4.73. The summed E-state index contributed by atoms with van der Waals surface area (Å²) in [5.41, 5.74) is 3.46. The summed E-state index contributed by atoms with van der Waals surface area (Å²) in [5.74, 6) is 1.49. The first-order chi connectivity index (χ1) is 9.91. The van der Waals surface area contributed by atoms with E-state index in [4.69, 9.17) is 0 Å². The highest BCUT2D eigenvalue weighted by Crippen LogP contribution is 2.27. The van der Waals surface area contributed by atoms with E-state index in [1.807, 2.05) is 4.68 Å². The van der Waals surface area contributed by atoms with Crippen LogP contribution >= 0.6 is 0 Å². The highest BCUT2D eigenvalue weighted by molar-refractivity contribution is 5.46. The highest BCUT2D eigenvalue weighted by Gasteiger charge is 2.24. The Bertz CT molecular complexity index is 580. The lowest BCUT2D eigenvalue weighted by molar-refractivity contribution is 0.244. The molecule has 0 radical (unpaired) electrons. The largest absolute Gasteiger partial charge is 0.300 e. The summed E-state index contributed by atoms with van der Waals surface area (Å²) in [6, 6.07) is 6.47. The van der Waals surface area contributed by atoms with Crippen LogP contribution in [0.4, 0.5) is 0 Å². The SMILES string of the molecule is Cc1cccc(C)c1-n1nnnc1[C@@H](CC(C)C)N(C)C. The molecule has 1 atom stereocenters. The second kappa shape index (κ2) is 6.35. The first-order valence-corrected chi connectivity index (χ1v) is 7.43. The van der Waals surface area contributed by atoms with Crippen LogP contribution in [0.2, 0.25) is 0 Å². The summed E-state index contributed by atoms with van der Waals surface area (Å²) in [4.78, 5) is 2.19. The lowest BCUT2D eigenvalue weighted by Gasteiger charge is -2.25. The lowest BCUT2D eigenvalue weighted by Crippen LogP contribution is -2.25. The molecule has 0 amide bonds. The number of hydrogen-bond donors (Lipinski definition) is 0. The summed E-state index contributed by atoms with van der Waals surface area (Å²) in [5, 5.41) is 12.5. The van der Waals surface area contributed by atoms with Gasteiger partial charge in [-0.15, -0.1) is 5.10 Å². The van der Waals surface area contributed by atoms with Crippen LogP contribution in [0.3, 0.4) is 0 Å². The Hall–Kier alpha value is -1.75. The van der Waals surface area contributed by atoms with Crippen LogP contribution in [-0.2, 0) is 0 Å². The van der Waals surface area contributed by atoms with E-state index < -0.39 is 0 Å². The summed E-state index contributed by atoms with van der Waals surface area (Å²) in [6.07, 6.45) is 1.03. The fourth-order valence-corrected chi connectivity index (χ4v) is 2.69. The van der Waals surface area contributed by atoms with Crippen LogP contribution in [0.15, 0.2) is 18.2 Å². The molecule has 0 aliphatic rings. The van der Waals surface area contributed by atoms with Gasteiger partial charge < -0.3 is 0 Å². The number of para-hydroxylation sites is 1. The number of benzene rings is 1. The first-order valence-electron chi connectivity index (χ1n) is 7.43. The fourth-order valence-electron chi connectivity index (χ4n) is 2.69. The predicted molar refractivity (Wildman–Crippen MR) is 84.5 cm³/mol. The summed E-state index contributed by atoms with van der Waals surface area (Å²) < 4.78 is 1.90. The number of nitrogens with zero attached hydrogens (tertiary/aromatic N) is 5. The first kappa shape index (κ1) is 15.6. The summed E-state index contributed by atoms with van der Waals surface area (Å²) in [7, 11) is 4.16. The van der Waals surface area contributed by atoms with E-state index in [1.165, 1.54) is 11.1 Å². The van der Waals surface area contributed by atoms with E-state index >= 15 is 0 Å². The van der Waals surface area contributed by atoms with Gasteiger partial charge in [0.2, 0.25) is 0 Å². The van der Waals surface area contributed by atoms with Gasteiger partial charge in [-0.05, 0) is 61.8 Å². The van der Waals surface area contributed by atoms with E-state index in [2.05, 4.69) is 80.4 Å². The van der Waals surface area contributed by atoms with Crippen LogP contribution in [0.5, 0.6) is 0 Å². The molecule has 114 valence electrons. The zero-order valence-corrected chi connectivity index (χ0v) is 13.8. The van der Waals surface area contributed by atoms with Gasteiger partial charge in [-0.1, -0.05) is 32.0 Å². The fraction of sp³-hybridized carbons (Fsp3) is 0.562. The monoisotopic (exact) mass is 287 g/mol. The molecule has 0 spiro atoms. The summed E-state index contributed by atoms with van der Waals surface area (Å²) >= 11 is 0. The molecule has 21 heavy (non-hydrogen) atoms. The molecule has 0 fully saturated rings. The van der Waals surface area contributed by atoms with Gasteiger partial charge in [0, 0.05) is 0 Å². The molecule has 2 rings (SSSR count). The zero-order chi connectivity index (χ0) is 15.6. The quantitative estimate of drug-likeness (QED) is 0.848. The Morgan fingerprint density at radius 1 is 1.14 bits per heavy atom.